The Bertz CT molecular complexity index is 1200. The zero-order valence-corrected chi connectivity index (χ0v) is 17.8. The molecule has 0 spiro atoms. The van der Waals surface area contributed by atoms with E-state index >= 15 is 0 Å². The van der Waals surface area contributed by atoms with Crippen molar-refractivity contribution in [3.8, 4) is 0 Å². The highest BCUT2D eigenvalue weighted by molar-refractivity contribution is 7.11. The fourth-order valence-corrected chi connectivity index (χ4v) is 4.92. The fourth-order valence-electron chi connectivity index (χ4n) is 4.16. The summed E-state index contributed by atoms with van der Waals surface area (Å²) in [7, 11) is 0. The minimum Gasteiger partial charge on any atom is -0.368 e. The predicted molar refractivity (Wildman–Crippen MR) is 120 cm³/mol. The molecule has 0 atom stereocenters. The van der Waals surface area contributed by atoms with Crippen LogP contribution in [0.4, 0.5) is 20.2 Å². The molecule has 3 heterocycles. The van der Waals surface area contributed by atoms with Crippen molar-refractivity contribution in [2.75, 3.05) is 36.0 Å². The molecule has 2 aromatic carbocycles. The SMILES string of the molecule is O=C1C(c2cccs2)=C(N2CCN(c3ccccc3)CC2)C(=O)N1c1cc(F)ccc1F. The lowest BCUT2D eigenvalue weighted by atomic mass is 10.1. The Balaban J connectivity index is 1.50. The summed E-state index contributed by atoms with van der Waals surface area (Å²) >= 11 is 1.33. The van der Waals surface area contributed by atoms with E-state index in [0.717, 1.165) is 28.8 Å². The second kappa shape index (κ2) is 8.20. The van der Waals surface area contributed by atoms with E-state index in [9.17, 15) is 18.4 Å². The highest BCUT2D eigenvalue weighted by Gasteiger charge is 2.44. The molecule has 1 saturated heterocycles. The van der Waals surface area contributed by atoms with Gasteiger partial charge in [-0.2, -0.15) is 0 Å². The standard InChI is InChI=1S/C24H19F2N3O2S/c25-16-8-9-18(26)19(15-16)29-23(30)21(20-7-4-14-32-20)22(24(29)31)28-12-10-27(11-13-28)17-5-2-1-3-6-17/h1-9,14-15H,10-13H2. The molecular formula is C24H19F2N3O2S. The summed E-state index contributed by atoms with van der Waals surface area (Å²) in [5, 5.41) is 1.82. The number of imide groups is 1. The third-order valence-electron chi connectivity index (χ3n) is 5.69. The third-order valence-corrected chi connectivity index (χ3v) is 6.58. The van der Waals surface area contributed by atoms with Gasteiger partial charge in [-0.25, -0.2) is 13.7 Å². The first kappa shape index (κ1) is 20.4. The van der Waals surface area contributed by atoms with Crippen molar-refractivity contribution in [2.45, 2.75) is 0 Å². The molecule has 3 aromatic rings. The molecule has 0 saturated carbocycles. The summed E-state index contributed by atoms with van der Waals surface area (Å²) in [6, 6.07) is 16.3. The summed E-state index contributed by atoms with van der Waals surface area (Å²) in [5.74, 6) is -2.81. The van der Waals surface area contributed by atoms with Crippen molar-refractivity contribution in [3.05, 3.63) is 88.3 Å². The van der Waals surface area contributed by atoms with E-state index in [-0.39, 0.29) is 17.0 Å². The van der Waals surface area contributed by atoms with E-state index in [0.29, 0.717) is 31.1 Å². The van der Waals surface area contributed by atoms with Crippen LogP contribution in [0.5, 0.6) is 0 Å². The lowest BCUT2D eigenvalue weighted by Gasteiger charge is -2.37. The van der Waals surface area contributed by atoms with Gasteiger partial charge in [0.05, 0.1) is 11.3 Å². The van der Waals surface area contributed by atoms with Gasteiger partial charge in [-0.1, -0.05) is 24.3 Å². The van der Waals surface area contributed by atoms with Crippen LogP contribution in [0.1, 0.15) is 4.88 Å². The van der Waals surface area contributed by atoms with Gasteiger partial charge in [-0.3, -0.25) is 9.59 Å². The third kappa shape index (κ3) is 3.46. The summed E-state index contributed by atoms with van der Waals surface area (Å²) in [4.78, 5) is 32.3. The van der Waals surface area contributed by atoms with Crippen LogP contribution in [-0.2, 0) is 9.59 Å². The number of para-hydroxylation sites is 1. The topological polar surface area (TPSA) is 43.9 Å². The van der Waals surface area contributed by atoms with E-state index in [2.05, 4.69) is 4.90 Å². The first-order chi connectivity index (χ1) is 15.5. The number of hydrogen-bond donors (Lipinski definition) is 0. The van der Waals surface area contributed by atoms with Gasteiger partial charge in [0.15, 0.2) is 0 Å². The number of halogens is 2. The van der Waals surface area contributed by atoms with Crippen LogP contribution in [0.25, 0.3) is 5.57 Å². The zero-order chi connectivity index (χ0) is 22.2. The molecule has 162 valence electrons. The number of amides is 2. The lowest BCUT2D eigenvalue weighted by molar-refractivity contribution is -0.120. The molecule has 1 aromatic heterocycles. The highest BCUT2D eigenvalue weighted by Crippen LogP contribution is 2.38. The van der Waals surface area contributed by atoms with Crippen LogP contribution < -0.4 is 9.80 Å². The number of rotatable bonds is 4. The van der Waals surface area contributed by atoms with Gasteiger partial charge in [0, 0.05) is 42.8 Å². The van der Waals surface area contributed by atoms with E-state index in [1.165, 1.54) is 11.3 Å². The van der Waals surface area contributed by atoms with Gasteiger partial charge in [0.1, 0.15) is 17.3 Å². The monoisotopic (exact) mass is 451 g/mol. The van der Waals surface area contributed by atoms with Gasteiger partial charge in [0.25, 0.3) is 11.8 Å². The van der Waals surface area contributed by atoms with Crippen molar-refractivity contribution in [1.29, 1.82) is 0 Å². The Morgan fingerprint density at radius 1 is 0.781 bits per heavy atom. The van der Waals surface area contributed by atoms with Crippen LogP contribution in [0.3, 0.4) is 0 Å². The summed E-state index contributed by atoms with van der Waals surface area (Å²) in [6.07, 6.45) is 0. The van der Waals surface area contributed by atoms with Crippen molar-refractivity contribution in [1.82, 2.24) is 4.90 Å². The van der Waals surface area contributed by atoms with Crippen molar-refractivity contribution >= 4 is 40.1 Å². The van der Waals surface area contributed by atoms with Gasteiger partial charge in [-0.15, -0.1) is 11.3 Å². The van der Waals surface area contributed by atoms with Gasteiger partial charge in [-0.05, 0) is 35.7 Å². The predicted octanol–water partition coefficient (Wildman–Crippen LogP) is 4.13. The highest BCUT2D eigenvalue weighted by atomic mass is 32.1. The second-order valence-corrected chi connectivity index (χ2v) is 8.50. The minimum atomic E-state index is -0.825. The van der Waals surface area contributed by atoms with Crippen LogP contribution in [0.2, 0.25) is 0 Å². The maximum atomic E-state index is 14.5. The average molecular weight is 451 g/mol. The Labute approximate surface area is 187 Å². The van der Waals surface area contributed by atoms with E-state index in [1.54, 1.807) is 12.1 Å². The largest absolute Gasteiger partial charge is 0.368 e. The minimum absolute atomic E-state index is 0.238. The molecule has 5 nitrogen and oxygen atoms in total. The van der Waals surface area contributed by atoms with Crippen LogP contribution >= 0.6 is 11.3 Å². The van der Waals surface area contributed by atoms with E-state index in [4.69, 9.17) is 0 Å². The quantitative estimate of drug-likeness (QED) is 0.560. The van der Waals surface area contributed by atoms with Gasteiger partial charge < -0.3 is 9.80 Å². The molecule has 0 radical (unpaired) electrons. The number of nitrogens with zero attached hydrogens (tertiary/aromatic N) is 3. The number of piperazine rings is 1. The normalized spacial score (nSPS) is 17.0. The number of carbonyl (C=O) groups excluding carboxylic acids is 2. The van der Waals surface area contributed by atoms with Gasteiger partial charge in [0.2, 0.25) is 0 Å². The van der Waals surface area contributed by atoms with Crippen molar-refractivity contribution in [2.24, 2.45) is 0 Å². The number of benzene rings is 2. The Morgan fingerprint density at radius 2 is 1.50 bits per heavy atom. The first-order valence-electron chi connectivity index (χ1n) is 10.2. The Hall–Kier alpha value is -3.52. The molecule has 0 N–H and O–H groups in total. The Kier molecular flexibility index (Phi) is 5.22. The lowest BCUT2D eigenvalue weighted by Crippen LogP contribution is -2.47. The molecule has 2 amide bonds. The van der Waals surface area contributed by atoms with Crippen molar-refractivity contribution < 1.29 is 18.4 Å². The van der Waals surface area contributed by atoms with E-state index < -0.39 is 23.4 Å². The molecule has 2 aliphatic rings. The number of anilines is 2. The molecule has 0 unspecified atom stereocenters. The molecule has 0 bridgehead atoms. The second-order valence-electron chi connectivity index (χ2n) is 7.55. The zero-order valence-electron chi connectivity index (χ0n) is 17.0. The maximum absolute atomic E-state index is 14.5. The molecular weight excluding hydrogens is 432 g/mol. The fraction of sp³-hybridized carbons (Fsp3) is 0.167. The maximum Gasteiger partial charge on any atom is 0.282 e. The molecule has 32 heavy (non-hydrogen) atoms. The molecule has 5 rings (SSSR count). The average Bonchev–Trinajstić information content (AvgIpc) is 3.42. The Morgan fingerprint density at radius 3 is 2.19 bits per heavy atom. The number of thiophene rings is 1. The van der Waals surface area contributed by atoms with Crippen molar-refractivity contribution in [3.63, 3.8) is 0 Å². The summed E-state index contributed by atoms with van der Waals surface area (Å²) in [5.41, 5.74) is 1.21. The molecule has 2 aliphatic heterocycles. The van der Waals surface area contributed by atoms with Crippen LogP contribution in [0.15, 0.2) is 71.7 Å². The smallest absolute Gasteiger partial charge is 0.282 e. The van der Waals surface area contributed by atoms with E-state index in [1.807, 2.05) is 40.6 Å². The molecule has 8 heteroatoms. The van der Waals surface area contributed by atoms with Crippen LogP contribution in [0, 0.1) is 11.6 Å². The number of hydrogen-bond acceptors (Lipinski definition) is 5. The first-order valence-corrected chi connectivity index (χ1v) is 11.1. The molecule has 1 fully saturated rings. The summed E-state index contributed by atoms with van der Waals surface area (Å²) < 4.78 is 28.3. The summed E-state index contributed by atoms with van der Waals surface area (Å²) in [6.45, 7) is 2.39. The van der Waals surface area contributed by atoms with Gasteiger partial charge >= 0.3 is 0 Å². The number of carbonyl (C=O) groups is 2. The van der Waals surface area contributed by atoms with Crippen LogP contribution in [-0.4, -0.2) is 42.9 Å². The molecule has 0 aliphatic carbocycles.